The van der Waals surface area contributed by atoms with Crippen molar-refractivity contribution in [1.29, 1.82) is 0 Å². The molecule has 0 spiro atoms. The molecule has 0 aliphatic rings. The molecule has 2 aromatic carbocycles. The molecular formula is C15H15NOS. The smallest absolute Gasteiger partial charge is 0.130 e. The Morgan fingerprint density at radius 3 is 2.39 bits per heavy atom. The van der Waals surface area contributed by atoms with Crippen LogP contribution in [-0.4, -0.2) is 4.99 Å². The summed E-state index contributed by atoms with van der Waals surface area (Å²) in [7, 11) is 0. The molecule has 0 saturated heterocycles. The van der Waals surface area contributed by atoms with Gasteiger partial charge in [-0.05, 0) is 42.3 Å². The molecule has 0 atom stereocenters. The van der Waals surface area contributed by atoms with Crippen LogP contribution in [0.4, 0.5) is 0 Å². The van der Waals surface area contributed by atoms with Crippen LogP contribution in [0.1, 0.15) is 18.1 Å². The van der Waals surface area contributed by atoms with Crippen LogP contribution in [-0.2, 0) is 6.42 Å². The standard InChI is InChI=1S/C15H15NOS/c1-2-11-5-3-4-6-14(11)17-13-9-7-12(8-10-13)15(16)18/h3-10H,2H2,1H3,(H2,16,18). The molecule has 18 heavy (non-hydrogen) atoms. The molecule has 3 heteroatoms. The van der Waals surface area contributed by atoms with Crippen LogP contribution < -0.4 is 10.5 Å². The Labute approximate surface area is 112 Å². The highest BCUT2D eigenvalue weighted by Crippen LogP contribution is 2.25. The summed E-state index contributed by atoms with van der Waals surface area (Å²) >= 11 is 4.91. The number of benzene rings is 2. The second-order valence-corrected chi connectivity index (χ2v) is 4.39. The number of hydrogen-bond donors (Lipinski definition) is 1. The summed E-state index contributed by atoms with van der Waals surface area (Å²) in [6, 6.07) is 15.5. The van der Waals surface area contributed by atoms with Crippen LogP contribution in [0.25, 0.3) is 0 Å². The molecule has 0 fully saturated rings. The van der Waals surface area contributed by atoms with E-state index < -0.39 is 0 Å². The quantitative estimate of drug-likeness (QED) is 0.849. The fourth-order valence-electron chi connectivity index (χ4n) is 1.71. The Kier molecular flexibility index (Phi) is 3.95. The number of para-hydroxylation sites is 1. The maximum absolute atomic E-state index is 5.85. The van der Waals surface area contributed by atoms with Crippen molar-refractivity contribution in [2.24, 2.45) is 5.73 Å². The Morgan fingerprint density at radius 2 is 1.78 bits per heavy atom. The van der Waals surface area contributed by atoms with Gasteiger partial charge in [-0.3, -0.25) is 0 Å². The third-order valence-electron chi connectivity index (χ3n) is 2.72. The number of ether oxygens (including phenoxy) is 1. The molecule has 0 heterocycles. The van der Waals surface area contributed by atoms with Crippen molar-refractivity contribution in [2.75, 3.05) is 0 Å². The summed E-state index contributed by atoms with van der Waals surface area (Å²) < 4.78 is 5.85. The zero-order chi connectivity index (χ0) is 13.0. The van der Waals surface area contributed by atoms with Gasteiger partial charge in [0.15, 0.2) is 0 Å². The zero-order valence-corrected chi connectivity index (χ0v) is 11.0. The van der Waals surface area contributed by atoms with E-state index in [0.29, 0.717) is 4.99 Å². The first-order valence-corrected chi connectivity index (χ1v) is 6.27. The molecule has 0 saturated carbocycles. The molecule has 2 nitrogen and oxygen atoms in total. The summed E-state index contributed by atoms with van der Waals surface area (Å²) in [5.41, 5.74) is 7.59. The number of thiocarbonyl (C=S) groups is 1. The molecule has 0 bridgehead atoms. The fourth-order valence-corrected chi connectivity index (χ4v) is 1.85. The lowest BCUT2D eigenvalue weighted by Gasteiger charge is -2.10. The van der Waals surface area contributed by atoms with Gasteiger partial charge in [-0.15, -0.1) is 0 Å². The Morgan fingerprint density at radius 1 is 1.11 bits per heavy atom. The van der Waals surface area contributed by atoms with Gasteiger partial charge in [-0.1, -0.05) is 37.3 Å². The summed E-state index contributed by atoms with van der Waals surface area (Å²) in [6.45, 7) is 2.11. The zero-order valence-electron chi connectivity index (χ0n) is 10.2. The van der Waals surface area contributed by atoms with Crippen LogP contribution in [0.5, 0.6) is 11.5 Å². The van der Waals surface area contributed by atoms with E-state index in [1.54, 1.807) is 0 Å². The van der Waals surface area contributed by atoms with E-state index in [9.17, 15) is 0 Å². The predicted molar refractivity (Wildman–Crippen MR) is 78.2 cm³/mol. The van der Waals surface area contributed by atoms with Gasteiger partial charge < -0.3 is 10.5 Å². The fraction of sp³-hybridized carbons (Fsp3) is 0.133. The van der Waals surface area contributed by atoms with Crippen molar-refractivity contribution in [3.63, 3.8) is 0 Å². The molecule has 2 aromatic rings. The molecule has 2 rings (SSSR count). The molecule has 2 N–H and O–H groups in total. The third-order valence-corrected chi connectivity index (χ3v) is 2.96. The maximum Gasteiger partial charge on any atom is 0.130 e. The van der Waals surface area contributed by atoms with Crippen LogP contribution in [0, 0.1) is 0 Å². The Hall–Kier alpha value is -1.87. The van der Waals surface area contributed by atoms with E-state index in [0.717, 1.165) is 23.5 Å². The van der Waals surface area contributed by atoms with Crippen molar-refractivity contribution in [2.45, 2.75) is 13.3 Å². The van der Waals surface area contributed by atoms with Gasteiger partial charge in [0.05, 0.1) is 0 Å². The van der Waals surface area contributed by atoms with E-state index in [1.807, 2.05) is 42.5 Å². The monoisotopic (exact) mass is 257 g/mol. The van der Waals surface area contributed by atoms with Gasteiger partial charge in [0, 0.05) is 5.56 Å². The van der Waals surface area contributed by atoms with Gasteiger partial charge >= 0.3 is 0 Å². The highest BCUT2D eigenvalue weighted by Gasteiger charge is 2.03. The lowest BCUT2D eigenvalue weighted by atomic mass is 10.1. The first-order valence-electron chi connectivity index (χ1n) is 5.86. The van der Waals surface area contributed by atoms with E-state index in [1.165, 1.54) is 5.56 Å². The van der Waals surface area contributed by atoms with Crippen LogP contribution in [0.15, 0.2) is 48.5 Å². The van der Waals surface area contributed by atoms with E-state index in [4.69, 9.17) is 22.7 Å². The summed E-state index contributed by atoms with van der Waals surface area (Å²) in [5, 5.41) is 0. The predicted octanol–water partition coefficient (Wildman–Crippen LogP) is 3.68. The lowest BCUT2D eigenvalue weighted by molar-refractivity contribution is 0.477. The molecule has 0 aliphatic carbocycles. The first-order chi connectivity index (χ1) is 8.70. The minimum atomic E-state index is 0.399. The Bertz CT molecular complexity index is 549. The molecule has 0 aromatic heterocycles. The largest absolute Gasteiger partial charge is 0.457 e. The maximum atomic E-state index is 5.85. The normalized spacial score (nSPS) is 10.1. The minimum absolute atomic E-state index is 0.399. The SMILES string of the molecule is CCc1ccccc1Oc1ccc(C(N)=S)cc1. The number of nitrogens with two attached hydrogens (primary N) is 1. The van der Waals surface area contributed by atoms with Crippen molar-refractivity contribution in [3.8, 4) is 11.5 Å². The van der Waals surface area contributed by atoms with Gasteiger partial charge in [0.2, 0.25) is 0 Å². The minimum Gasteiger partial charge on any atom is -0.457 e. The van der Waals surface area contributed by atoms with Gasteiger partial charge in [0.25, 0.3) is 0 Å². The third kappa shape index (κ3) is 2.87. The van der Waals surface area contributed by atoms with Gasteiger partial charge in [-0.25, -0.2) is 0 Å². The number of hydrogen-bond acceptors (Lipinski definition) is 2. The molecule has 0 radical (unpaired) electrons. The van der Waals surface area contributed by atoms with Gasteiger partial charge in [-0.2, -0.15) is 0 Å². The lowest BCUT2D eigenvalue weighted by Crippen LogP contribution is -2.08. The molecule has 0 amide bonds. The number of aryl methyl sites for hydroxylation is 1. The van der Waals surface area contributed by atoms with Crippen molar-refractivity contribution in [3.05, 3.63) is 59.7 Å². The summed E-state index contributed by atoms with van der Waals surface area (Å²) in [4.78, 5) is 0.399. The topological polar surface area (TPSA) is 35.2 Å². The first kappa shape index (κ1) is 12.6. The second kappa shape index (κ2) is 5.65. The summed E-state index contributed by atoms with van der Waals surface area (Å²) in [6.07, 6.45) is 0.946. The van der Waals surface area contributed by atoms with Crippen molar-refractivity contribution in [1.82, 2.24) is 0 Å². The van der Waals surface area contributed by atoms with Gasteiger partial charge in [0.1, 0.15) is 16.5 Å². The van der Waals surface area contributed by atoms with Crippen LogP contribution >= 0.6 is 12.2 Å². The highest BCUT2D eigenvalue weighted by molar-refractivity contribution is 7.80. The molecule has 92 valence electrons. The molecular weight excluding hydrogens is 242 g/mol. The van der Waals surface area contributed by atoms with Crippen LogP contribution in [0.3, 0.4) is 0 Å². The van der Waals surface area contributed by atoms with Crippen molar-refractivity contribution < 1.29 is 4.74 Å². The second-order valence-electron chi connectivity index (χ2n) is 3.95. The Balaban J connectivity index is 2.21. The van der Waals surface area contributed by atoms with Crippen LogP contribution in [0.2, 0.25) is 0 Å². The van der Waals surface area contributed by atoms with Crippen molar-refractivity contribution >= 4 is 17.2 Å². The average molecular weight is 257 g/mol. The van der Waals surface area contributed by atoms with E-state index in [-0.39, 0.29) is 0 Å². The average Bonchev–Trinajstić information content (AvgIpc) is 2.40. The highest BCUT2D eigenvalue weighted by atomic mass is 32.1. The number of rotatable bonds is 4. The van der Waals surface area contributed by atoms with E-state index >= 15 is 0 Å². The summed E-state index contributed by atoms with van der Waals surface area (Å²) in [5.74, 6) is 1.68. The van der Waals surface area contributed by atoms with E-state index in [2.05, 4.69) is 13.0 Å². The molecule has 0 aliphatic heterocycles. The molecule has 0 unspecified atom stereocenters.